The van der Waals surface area contributed by atoms with Crippen molar-refractivity contribution in [3.8, 4) is 0 Å². The molecular weight excluding hydrogens is 248 g/mol. The second-order valence-corrected chi connectivity index (χ2v) is 5.54. The maximum absolute atomic E-state index is 11.7. The molecule has 2 atom stereocenters. The number of carbonyl (C=O) groups is 2. The zero-order valence-electron chi connectivity index (χ0n) is 11.6. The molecule has 1 saturated heterocycles. The fraction of sp³-hybridized carbons (Fsp3) is 0.846. The summed E-state index contributed by atoms with van der Waals surface area (Å²) in [6.07, 6.45) is 0.670. The monoisotopic (exact) mass is 272 g/mol. The minimum absolute atomic E-state index is 0.0600. The van der Waals surface area contributed by atoms with Crippen LogP contribution in [0.4, 0.5) is 4.79 Å². The average molecular weight is 272 g/mol. The molecule has 1 aliphatic heterocycles. The van der Waals surface area contributed by atoms with Crippen LogP contribution in [0.3, 0.4) is 0 Å². The van der Waals surface area contributed by atoms with Gasteiger partial charge in [0.2, 0.25) is 5.91 Å². The van der Waals surface area contributed by atoms with Crippen molar-refractivity contribution in [2.24, 2.45) is 5.92 Å². The Morgan fingerprint density at radius 1 is 1.42 bits per heavy atom. The summed E-state index contributed by atoms with van der Waals surface area (Å²) in [6, 6.07) is -0.344. The van der Waals surface area contributed by atoms with Crippen molar-refractivity contribution in [1.82, 2.24) is 10.2 Å². The number of aliphatic hydroxyl groups excluding tert-OH is 1. The molecule has 6 heteroatoms. The highest BCUT2D eigenvalue weighted by Crippen LogP contribution is 2.13. The number of amides is 2. The van der Waals surface area contributed by atoms with Crippen LogP contribution in [0.1, 0.15) is 39.5 Å². The summed E-state index contributed by atoms with van der Waals surface area (Å²) in [5.41, 5.74) is 0. The number of nitrogens with zero attached hydrogens (tertiary/aromatic N) is 1. The van der Waals surface area contributed by atoms with Crippen molar-refractivity contribution in [3.63, 3.8) is 0 Å². The third-order valence-electron chi connectivity index (χ3n) is 3.38. The lowest BCUT2D eigenvalue weighted by Crippen LogP contribution is -2.47. The molecule has 1 rings (SSSR count). The molecule has 0 aromatic heterocycles. The minimum Gasteiger partial charge on any atom is -0.465 e. The molecule has 0 bridgehead atoms. The first-order chi connectivity index (χ1) is 8.90. The van der Waals surface area contributed by atoms with E-state index < -0.39 is 12.2 Å². The molecule has 110 valence electrons. The molecule has 2 unspecified atom stereocenters. The topological polar surface area (TPSA) is 89.9 Å². The van der Waals surface area contributed by atoms with Crippen LogP contribution >= 0.6 is 0 Å². The number of nitrogens with one attached hydrogen (secondary N) is 1. The Hall–Kier alpha value is -1.30. The maximum Gasteiger partial charge on any atom is 0.407 e. The molecule has 0 saturated carbocycles. The Morgan fingerprint density at radius 3 is 2.68 bits per heavy atom. The van der Waals surface area contributed by atoms with Gasteiger partial charge >= 0.3 is 6.09 Å². The summed E-state index contributed by atoms with van der Waals surface area (Å²) < 4.78 is 0. The highest BCUT2D eigenvalue weighted by Gasteiger charge is 2.28. The molecule has 1 fully saturated rings. The van der Waals surface area contributed by atoms with Gasteiger partial charge in [0.25, 0.3) is 0 Å². The van der Waals surface area contributed by atoms with Gasteiger partial charge in [-0.1, -0.05) is 13.8 Å². The fourth-order valence-electron chi connectivity index (χ4n) is 2.18. The normalized spacial score (nSPS) is 24.1. The van der Waals surface area contributed by atoms with E-state index in [9.17, 15) is 14.7 Å². The van der Waals surface area contributed by atoms with Gasteiger partial charge in [-0.3, -0.25) is 4.79 Å². The van der Waals surface area contributed by atoms with E-state index in [-0.39, 0.29) is 18.5 Å². The second kappa shape index (κ2) is 7.33. The number of β-amino-alcohol motifs (C(OH)–C–C–N with tert-alkyl or cyclic N) is 1. The highest BCUT2D eigenvalue weighted by molar-refractivity contribution is 5.76. The molecule has 1 heterocycles. The van der Waals surface area contributed by atoms with Crippen molar-refractivity contribution >= 4 is 12.0 Å². The van der Waals surface area contributed by atoms with Crippen LogP contribution < -0.4 is 5.32 Å². The summed E-state index contributed by atoms with van der Waals surface area (Å²) in [6.45, 7) is 4.58. The van der Waals surface area contributed by atoms with E-state index in [2.05, 4.69) is 19.2 Å². The van der Waals surface area contributed by atoms with Crippen LogP contribution in [-0.2, 0) is 4.79 Å². The Morgan fingerprint density at radius 2 is 2.11 bits per heavy atom. The van der Waals surface area contributed by atoms with Gasteiger partial charge < -0.3 is 20.4 Å². The summed E-state index contributed by atoms with van der Waals surface area (Å²) in [5, 5.41) is 21.7. The summed E-state index contributed by atoms with van der Waals surface area (Å²) >= 11 is 0. The van der Waals surface area contributed by atoms with Gasteiger partial charge in [-0.15, -0.1) is 0 Å². The van der Waals surface area contributed by atoms with Gasteiger partial charge in [-0.2, -0.15) is 0 Å². The van der Waals surface area contributed by atoms with Crippen LogP contribution in [0.15, 0.2) is 0 Å². The third-order valence-corrected chi connectivity index (χ3v) is 3.38. The molecule has 6 nitrogen and oxygen atoms in total. The lowest BCUT2D eigenvalue weighted by molar-refractivity contribution is -0.123. The molecule has 19 heavy (non-hydrogen) atoms. The number of rotatable bonds is 4. The molecule has 1 aliphatic rings. The second-order valence-electron chi connectivity index (χ2n) is 5.54. The lowest BCUT2D eigenvalue weighted by atomic mass is 10.0. The van der Waals surface area contributed by atoms with Crippen molar-refractivity contribution < 1.29 is 19.8 Å². The van der Waals surface area contributed by atoms with E-state index in [0.717, 1.165) is 6.42 Å². The Labute approximate surface area is 113 Å². The van der Waals surface area contributed by atoms with Crippen LogP contribution in [0.5, 0.6) is 0 Å². The minimum atomic E-state index is -1.02. The quantitative estimate of drug-likeness (QED) is 0.713. The molecule has 0 aromatic rings. The Balaban J connectivity index is 2.45. The number of likely N-dealkylation sites (tertiary alicyclic amines) is 1. The maximum atomic E-state index is 11.7. The number of hydrogen-bond donors (Lipinski definition) is 3. The van der Waals surface area contributed by atoms with E-state index in [1.807, 2.05) is 0 Å². The van der Waals surface area contributed by atoms with Gasteiger partial charge in [0.15, 0.2) is 0 Å². The van der Waals surface area contributed by atoms with Crippen LogP contribution in [-0.4, -0.2) is 52.3 Å². The molecule has 3 N–H and O–H groups in total. The van der Waals surface area contributed by atoms with Crippen LogP contribution in [0.2, 0.25) is 0 Å². The average Bonchev–Trinajstić information content (AvgIpc) is 2.50. The largest absolute Gasteiger partial charge is 0.465 e. The first-order valence-electron chi connectivity index (χ1n) is 6.85. The lowest BCUT2D eigenvalue weighted by Gasteiger charge is -2.23. The van der Waals surface area contributed by atoms with Gasteiger partial charge in [0.1, 0.15) is 0 Å². The number of carbonyl (C=O) groups excluding carboxylic acids is 1. The summed E-state index contributed by atoms with van der Waals surface area (Å²) in [5.74, 6) is 0.397. The van der Waals surface area contributed by atoms with E-state index in [4.69, 9.17) is 5.11 Å². The molecule has 0 aliphatic carbocycles. The van der Waals surface area contributed by atoms with E-state index in [1.54, 1.807) is 0 Å². The van der Waals surface area contributed by atoms with Crippen LogP contribution in [0, 0.1) is 5.92 Å². The van der Waals surface area contributed by atoms with Crippen molar-refractivity contribution in [3.05, 3.63) is 0 Å². The number of hydrogen-bond acceptors (Lipinski definition) is 3. The number of aliphatic hydroxyl groups is 1. The smallest absolute Gasteiger partial charge is 0.407 e. The first-order valence-corrected chi connectivity index (χ1v) is 6.85. The van der Waals surface area contributed by atoms with Gasteiger partial charge in [-0.05, 0) is 25.2 Å². The highest BCUT2D eigenvalue weighted by atomic mass is 16.4. The molecule has 0 aromatic carbocycles. The van der Waals surface area contributed by atoms with E-state index in [0.29, 0.717) is 31.7 Å². The van der Waals surface area contributed by atoms with Crippen molar-refractivity contribution in [2.75, 3.05) is 13.1 Å². The van der Waals surface area contributed by atoms with E-state index in [1.165, 1.54) is 4.90 Å². The molecule has 0 spiro atoms. The molecule has 2 amide bonds. The Bertz CT molecular complexity index is 320. The van der Waals surface area contributed by atoms with Crippen LogP contribution in [0.25, 0.3) is 0 Å². The first kappa shape index (κ1) is 15.8. The summed E-state index contributed by atoms with van der Waals surface area (Å²) in [4.78, 5) is 23.8. The predicted octanol–water partition coefficient (Wildman–Crippen LogP) is 1.04. The van der Waals surface area contributed by atoms with Gasteiger partial charge in [0.05, 0.1) is 18.7 Å². The standard InChI is InChI=1S/C13H24N2O4/c1-9(2)5-6-12(17)14-10-4-3-7-15(13(18)19)8-11(10)16/h9-11,16H,3-8H2,1-2H3,(H,14,17)(H,18,19). The van der Waals surface area contributed by atoms with Gasteiger partial charge in [0, 0.05) is 13.0 Å². The van der Waals surface area contributed by atoms with Gasteiger partial charge in [-0.25, -0.2) is 4.79 Å². The molecule has 0 radical (unpaired) electrons. The zero-order chi connectivity index (χ0) is 14.4. The third kappa shape index (κ3) is 5.46. The fourth-order valence-corrected chi connectivity index (χ4v) is 2.18. The SMILES string of the molecule is CC(C)CCC(=O)NC1CCCN(C(=O)O)CC1O. The van der Waals surface area contributed by atoms with Crippen molar-refractivity contribution in [1.29, 1.82) is 0 Å². The molecular formula is C13H24N2O4. The van der Waals surface area contributed by atoms with Crippen molar-refractivity contribution in [2.45, 2.75) is 51.7 Å². The summed E-state index contributed by atoms with van der Waals surface area (Å²) in [7, 11) is 0. The zero-order valence-corrected chi connectivity index (χ0v) is 11.6. The van der Waals surface area contributed by atoms with E-state index >= 15 is 0 Å². The number of carboxylic acid groups (broad SMARTS) is 1. The predicted molar refractivity (Wildman–Crippen MR) is 70.8 cm³/mol. The Kier molecular flexibility index (Phi) is 6.08.